The Balaban J connectivity index is 4.90. The van der Waals surface area contributed by atoms with Crippen LogP contribution in [0.2, 0.25) is 0 Å². The molecule has 0 heterocycles. The third-order valence-electron chi connectivity index (χ3n) is 1.61. The summed E-state index contributed by atoms with van der Waals surface area (Å²) in [5.74, 6) is -2.11. The van der Waals surface area contributed by atoms with Crippen LogP contribution in [0.5, 0.6) is 0 Å². The van der Waals surface area contributed by atoms with Gasteiger partial charge in [0.15, 0.2) is 5.41 Å². The van der Waals surface area contributed by atoms with Crippen molar-refractivity contribution in [1.29, 1.82) is 0 Å². The van der Waals surface area contributed by atoms with E-state index < -0.39 is 17.4 Å². The van der Waals surface area contributed by atoms with Gasteiger partial charge in [0.2, 0.25) is 0 Å². The first kappa shape index (κ1) is 12.5. The fourth-order valence-electron chi connectivity index (χ4n) is 0.728. The molecule has 0 saturated carbocycles. The highest BCUT2D eigenvalue weighted by Gasteiger charge is 2.47. The summed E-state index contributed by atoms with van der Waals surface area (Å²) in [4.78, 5) is 22.4. The van der Waals surface area contributed by atoms with Crippen LogP contribution >= 0.6 is 23.2 Å². The first-order valence-corrected chi connectivity index (χ1v) is 4.44. The standard InChI is InChI=1S/C7H10Cl2O4/c1-12-5(10)7(3-8,4-9)6(11)13-2/h3-4H2,1-2H3. The second-order valence-electron chi connectivity index (χ2n) is 2.33. The van der Waals surface area contributed by atoms with Gasteiger partial charge in [-0.3, -0.25) is 9.59 Å². The number of carbonyl (C=O) groups excluding carboxylic acids is 2. The molecule has 0 fully saturated rings. The minimum absolute atomic E-state index is 0.268. The predicted octanol–water partition coefficient (Wildman–Crippen LogP) is 0.796. The first-order valence-electron chi connectivity index (χ1n) is 3.37. The SMILES string of the molecule is COC(=O)C(CCl)(CCl)C(=O)OC. The van der Waals surface area contributed by atoms with E-state index in [2.05, 4.69) is 9.47 Å². The molecular formula is C7H10Cl2O4. The maximum atomic E-state index is 11.2. The Bertz CT molecular complexity index is 183. The molecule has 0 spiro atoms. The van der Waals surface area contributed by atoms with Crippen LogP contribution in [0, 0.1) is 5.41 Å². The summed E-state index contributed by atoms with van der Waals surface area (Å²) in [5, 5.41) is 0. The van der Waals surface area contributed by atoms with Crippen molar-refractivity contribution in [3.8, 4) is 0 Å². The predicted molar refractivity (Wildman–Crippen MR) is 47.9 cm³/mol. The molecule has 0 saturated heterocycles. The average molecular weight is 229 g/mol. The number of rotatable bonds is 4. The van der Waals surface area contributed by atoms with Crippen molar-refractivity contribution < 1.29 is 19.1 Å². The van der Waals surface area contributed by atoms with Crippen LogP contribution in [0.3, 0.4) is 0 Å². The molecule has 0 aliphatic heterocycles. The maximum Gasteiger partial charge on any atom is 0.325 e. The fourth-order valence-corrected chi connectivity index (χ4v) is 1.45. The van der Waals surface area contributed by atoms with Gasteiger partial charge in [-0.2, -0.15) is 0 Å². The molecule has 0 N–H and O–H groups in total. The van der Waals surface area contributed by atoms with Gasteiger partial charge >= 0.3 is 11.9 Å². The number of carbonyl (C=O) groups is 2. The van der Waals surface area contributed by atoms with Gasteiger partial charge in [-0.1, -0.05) is 0 Å². The summed E-state index contributed by atoms with van der Waals surface area (Å²) in [7, 11) is 2.30. The number of ether oxygens (including phenoxy) is 2. The number of alkyl halides is 2. The van der Waals surface area contributed by atoms with Gasteiger partial charge in [0.25, 0.3) is 0 Å². The lowest BCUT2D eigenvalue weighted by Crippen LogP contribution is -2.44. The van der Waals surface area contributed by atoms with Gasteiger partial charge in [0.05, 0.1) is 26.0 Å². The topological polar surface area (TPSA) is 52.6 Å². The molecule has 0 aromatic heterocycles. The molecule has 13 heavy (non-hydrogen) atoms. The fraction of sp³-hybridized carbons (Fsp3) is 0.714. The van der Waals surface area contributed by atoms with Gasteiger partial charge in [-0.05, 0) is 0 Å². The third-order valence-corrected chi connectivity index (χ3v) is 2.52. The molecule has 0 rings (SSSR count). The molecule has 6 heteroatoms. The van der Waals surface area contributed by atoms with Crippen LogP contribution in [0.25, 0.3) is 0 Å². The Morgan fingerprint density at radius 1 is 1.08 bits per heavy atom. The number of hydrogen-bond acceptors (Lipinski definition) is 4. The second-order valence-corrected chi connectivity index (χ2v) is 2.87. The summed E-state index contributed by atoms with van der Waals surface area (Å²) in [6.45, 7) is 0. The summed E-state index contributed by atoms with van der Waals surface area (Å²) in [6, 6.07) is 0. The van der Waals surface area contributed by atoms with E-state index in [1.165, 1.54) is 0 Å². The Kier molecular flexibility index (Phi) is 5.10. The molecule has 4 nitrogen and oxygen atoms in total. The molecule has 0 radical (unpaired) electrons. The Morgan fingerprint density at radius 3 is 1.54 bits per heavy atom. The molecule has 76 valence electrons. The van der Waals surface area contributed by atoms with Crippen molar-refractivity contribution in [3.63, 3.8) is 0 Å². The summed E-state index contributed by atoms with van der Waals surface area (Å²) in [5.41, 5.74) is -1.59. The molecule has 0 aromatic rings. The minimum atomic E-state index is -1.59. The minimum Gasteiger partial charge on any atom is -0.468 e. The van der Waals surface area contributed by atoms with E-state index in [9.17, 15) is 9.59 Å². The molecular weight excluding hydrogens is 219 g/mol. The second kappa shape index (κ2) is 5.29. The zero-order chi connectivity index (χ0) is 10.5. The van der Waals surface area contributed by atoms with Crippen LogP contribution in [0.4, 0.5) is 0 Å². The largest absolute Gasteiger partial charge is 0.468 e. The molecule has 0 unspecified atom stereocenters. The van der Waals surface area contributed by atoms with Crippen molar-refractivity contribution in [2.75, 3.05) is 26.0 Å². The molecule has 0 atom stereocenters. The van der Waals surface area contributed by atoms with Crippen molar-refractivity contribution in [2.45, 2.75) is 0 Å². The van der Waals surface area contributed by atoms with Crippen LogP contribution in [0.1, 0.15) is 0 Å². The molecule has 0 amide bonds. The number of esters is 2. The Labute approximate surface area is 86.1 Å². The van der Waals surface area contributed by atoms with E-state index in [4.69, 9.17) is 23.2 Å². The summed E-state index contributed by atoms with van der Waals surface area (Å²) in [6.07, 6.45) is 0. The maximum absolute atomic E-state index is 11.2. The Morgan fingerprint density at radius 2 is 1.38 bits per heavy atom. The van der Waals surface area contributed by atoms with Gasteiger partial charge in [0, 0.05) is 0 Å². The van der Waals surface area contributed by atoms with Crippen LogP contribution in [-0.2, 0) is 19.1 Å². The van der Waals surface area contributed by atoms with Gasteiger partial charge < -0.3 is 9.47 Å². The highest BCUT2D eigenvalue weighted by Crippen LogP contribution is 2.24. The van der Waals surface area contributed by atoms with Crippen LogP contribution < -0.4 is 0 Å². The molecule has 0 aromatic carbocycles. The monoisotopic (exact) mass is 228 g/mol. The summed E-state index contributed by atoms with van der Waals surface area (Å²) < 4.78 is 8.82. The van der Waals surface area contributed by atoms with E-state index in [-0.39, 0.29) is 11.8 Å². The van der Waals surface area contributed by atoms with E-state index in [1.807, 2.05) is 0 Å². The first-order chi connectivity index (χ1) is 6.08. The zero-order valence-electron chi connectivity index (χ0n) is 7.30. The average Bonchev–Trinajstić information content (AvgIpc) is 2.19. The number of methoxy groups -OCH3 is 2. The van der Waals surface area contributed by atoms with Gasteiger partial charge in [-0.15, -0.1) is 23.2 Å². The summed E-state index contributed by atoms with van der Waals surface area (Å²) >= 11 is 11.0. The van der Waals surface area contributed by atoms with Crippen molar-refractivity contribution in [3.05, 3.63) is 0 Å². The highest BCUT2D eigenvalue weighted by atomic mass is 35.5. The van der Waals surface area contributed by atoms with Crippen LogP contribution in [0.15, 0.2) is 0 Å². The highest BCUT2D eigenvalue weighted by molar-refractivity contribution is 6.27. The molecule has 0 aliphatic carbocycles. The van der Waals surface area contributed by atoms with E-state index >= 15 is 0 Å². The van der Waals surface area contributed by atoms with Crippen molar-refractivity contribution in [2.24, 2.45) is 5.41 Å². The van der Waals surface area contributed by atoms with Gasteiger partial charge in [0.1, 0.15) is 0 Å². The lowest BCUT2D eigenvalue weighted by molar-refractivity contribution is -0.165. The van der Waals surface area contributed by atoms with Crippen molar-refractivity contribution in [1.82, 2.24) is 0 Å². The normalized spacial score (nSPS) is 10.8. The lowest BCUT2D eigenvalue weighted by atomic mass is 9.93. The Hall–Kier alpha value is -0.480. The van der Waals surface area contributed by atoms with Crippen LogP contribution in [-0.4, -0.2) is 37.9 Å². The third kappa shape index (κ3) is 2.25. The van der Waals surface area contributed by atoms with Gasteiger partial charge in [-0.25, -0.2) is 0 Å². The lowest BCUT2D eigenvalue weighted by Gasteiger charge is -2.22. The molecule has 0 aliphatic rings. The van der Waals surface area contributed by atoms with E-state index in [1.54, 1.807) is 0 Å². The zero-order valence-corrected chi connectivity index (χ0v) is 8.81. The van der Waals surface area contributed by atoms with Crippen molar-refractivity contribution >= 4 is 35.1 Å². The number of hydrogen-bond donors (Lipinski definition) is 0. The molecule has 0 bridgehead atoms. The quantitative estimate of drug-likeness (QED) is 0.406. The smallest absolute Gasteiger partial charge is 0.325 e. The van der Waals surface area contributed by atoms with E-state index in [0.717, 1.165) is 14.2 Å². The number of halogens is 2. The van der Waals surface area contributed by atoms with E-state index in [0.29, 0.717) is 0 Å².